The molecule has 158 valence electrons. The molecule has 3 rings (SSSR count). The third-order valence-corrected chi connectivity index (χ3v) is 5.01. The number of hydrazone groups is 1. The average molecular weight is 456 g/mol. The number of carbonyl (C=O) groups is 2. The summed E-state index contributed by atoms with van der Waals surface area (Å²) in [6, 6.07) is 19.5. The summed E-state index contributed by atoms with van der Waals surface area (Å²) in [6.07, 6.45) is 1.42. The molecule has 31 heavy (non-hydrogen) atoms. The molecule has 0 bridgehead atoms. The standard InChI is InChI=1S/C23H19Cl2N3O3/c1-15-5-2-3-8-21(15)27-22(29)23(30)28-26-13-16-9-11-17(12-10-16)31-14-18-19(24)6-4-7-20(18)25/h2-13H,14H2,1H3,(H,27,29)(H,28,30)/b26-13-. The fraction of sp³-hybridized carbons (Fsp3) is 0.0870. The average Bonchev–Trinajstić information content (AvgIpc) is 2.76. The topological polar surface area (TPSA) is 79.8 Å². The normalized spacial score (nSPS) is 10.7. The van der Waals surface area contributed by atoms with Gasteiger partial charge in [0.05, 0.1) is 6.21 Å². The minimum absolute atomic E-state index is 0.234. The number of aryl methyl sites for hydroxylation is 1. The molecule has 0 radical (unpaired) electrons. The summed E-state index contributed by atoms with van der Waals surface area (Å²) in [5, 5.41) is 7.43. The molecule has 0 aliphatic heterocycles. The monoisotopic (exact) mass is 455 g/mol. The van der Waals surface area contributed by atoms with Gasteiger partial charge >= 0.3 is 11.8 Å². The fourth-order valence-corrected chi connectivity index (χ4v) is 3.09. The number of halogens is 2. The third-order valence-electron chi connectivity index (χ3n) is 4.30. The van der Waals surface area contributed by atoms with E-state index in [4.69, 9.17) is 27.9 Å². The van der Waals surface area contributed by atoms with E-state index in [1.165, 1.54) is 6.21 Å². The minimum Gasteiger partial charge on any atom is -0.489 e. The lowest BCUT2D eigenvalue weighted by Gasteiger charge is -2.09. The first-order valence-corrected chi connectivity index (χ1v) is 10.1. The van der Waals surface area contributed by atoms with Crippen molar-refractivity contribution in [2.24, 2.45) is 5.10 Å². The molecule has 0 saturated carbocycles. The number of hydrogen-bond donors (Lipinski definition) is 2. The first-order chi connectivity index (χ1) is 14.9. The van der Waals surface area contributed by atoms with E-state index in [2.05, 4.69) is 15.8 Å². The summed E-state index contributed by atoms with van der Waals surface area (Å²) < 4.78 is 5.71. The van der Waals surface area contributed by atoms with Gasteiger partial charge in [0, 0.05) is 21.3 Å². The highest BCUT2D eigenvalue weighted by molar-refractivity contribution is 6.39. The molecule has 6 nitrogen and oxygen atoms in total. The van der Waals surface area contributed by atoms with Crippen LogP contribution in [0.4, 0.5) is 5.69 Å². The summed E-state index contributed by atoms with van der Waals surface area (Å²) in [5.41, 5.74) is 5.05. The van der Waals surface area contributed by atoms with Crippen LogP contribution in [0.3, 0.4) is 0 Å². The number of rotatable bonds is 6. The lowest BCUT2D eigenvalue weighted by Crippen LogP contribution is -2.32. The van der Waals surface area contributed by atoms with Crippen LogP contribution in [0, 0.1) is 6.92 Å². The van der Waals surface area contributed by atoms with E-state index < -0.39 is 11.8 Å². The van der Waals surface area contributed by atoms with Crippen LogP contribution in [0.2, 0.25) is 10.0 Å². The number of para-hydroxylation sites is 1. The second kappa shape index (κ2) is 10.6. The Morgan fingerprint density at radius 2 is 1.61 bits per heavy atom. The van der Waals surface area contributed by atoms with Crippen LogP contribution >= 0.6 is 23.2 Å². The van der Waals surface area contributed by atoms with Crippen molar-refractivity contribution in [1.82, 2.24) is 5.43 Å². The number of ether oxygens (including phenoxy) is 1. The van der Waals surface area contributed by atoms with Gasteiger partial charge in [-0.25, -0.2) is 5.43 Å². The quantitative estimate of drug-likeness (QED) is 0.312. The Labute approximate surface area is 189 Å². The Morgan fingerprint density at radius 1 is 0.935 bits per heavy atom. The number of anilines is 1. The Morgan fingerprint density at radius 3 is 2.29 bits per heavy atom. The van der Waals surface area contributed by atoms with Crippen LogP contribution in [0.25, 0.3) is 0 Å². The largest absolute Gasteiger partial charge is 0.489 e. The number of nitrogens with one attached hydrogen (secondary N) is 2. The maximum absolute atomic E-state index is 12.0. The van der Waals surface area contributed by atoms with Crippen molar-refractivity contribution in [3.63, 3.8) is 0 Å². The molecular weight excluding hydrogens is 437 g/mol. The van der Waals surface area contributed by atoms with Gasteiger partial charge in [0.25, 0.3) is 0 Å². The molecule has 2 amide bonds. The summed E-state index contributed by atoms with van der Waals surface area (Å²) in [6.45, 7) is 2.07. The summed E-state index contributed by atoms with van der Waals surface area (Å²) in [4.78, 5) is 23.9. The molecule has 0 fully saturated rings. The number of hydrogen-bond acceptors (Lipinski definition) is 4. The van der Waals surface area contributed by atoms with Crippen molar-refractivity contribution in [2.45, 2.75) is 13.5 Å². The van der Waals surface area contributed by atoms with E-state index in [-0.39, 0.29) is 6.61 Å². The van der Waals surface area contributed by atoms with Crippen molar-refractivity contribution in [1.29, 1.82) is 0 Å². The van der Waals surface area contributed by atoms with Crippen LogP contribution in [-0.4, -0.2) is 18.0 Å². The van der Waals surface area contributed by atoms with Crippen molar-refractivity contribution < 1.29 is 14.3 Å². The molecule has 0 saturated heterocycles. The summed E-state index contributed by atoms with van der Waals surface area (Å²) in [7, 11) is 0. The second-order valence-corrected chi connectivity index (χ2v) is 7.34. The predicted octanol–water partition coefficient (Wildman–Crippen LogP) is 4.97. The van der Waals surface area contributed by atoms with Crippen LogP contribution in [0.15, 0.2) is 71.8 Å². The minimum atomic E-state index is -0.865. The van der Waals surface area contributed by atoms with Gasteiger partial charge in [-0.05, 0) is 60.5 Å². The number of nitrogens with zero attached hydrogens (tertiary/aromatic N) is 1. The van der Waals surface area contributed by atoms with Crippen LogP contribution < -0.4 is 15.5 Å². The van der Waals surface area contributed by atoms with Gasteiger partial charge in [0.2, 0.25) is 0 Å². The maximum Gasteiger partial charge on any atom is 0.329 e. The smallest absolute Gasteiger partial charge is 0.329 e. The number of amides is 2. The number of benzene rings is 3. The zero-order valence-corrected chi connectivity index (χ0v) is 18.1. The van der Waals surface area contributed by atoms with Crippen molar-refractivity contribution in [2.75, 3.05) is 5.32 Å². The molecule has 0 aromatic heterocycles. The fourth-order valence-electron chi connectivity index (χ4n) is 2.58. The number of carbonyl (C=O) groups excluding carboxylic acids is 2. The van der Waals surface area contributed by atoms with Gasteiger partial charge in [-0.2, -0.15) is 5.10 Å². The van der Waals surface area contributed by atoms with Crippen molar-refractivity contribution >= 4 is 46.9 Å². The lowest BCUT2D eigenvalue weighted by molar-refractivity contribution is -0.136. The molecule has 0 spiro atoms. The van der Waals surface area contributed by atoms with Crippen LogP contribution in [-0.2, 0) is 16.2 Å². The summed E-state index contributed by atoms with van der Waals surface area (Å²) in [5.74, 6) is -1.04. The predicted molar refractivity (Wildman–Crippen MR) is 123 cm³/mol. The Bertz CT molecular complexity index is 1100. The van der Waals surface area contributed by atoms with Crippen LogP contribution in [0.5, 0.6) is 5.75 Å². The van der Waals surface area contributed by atoms with Gasteiger partial charge in [0.1, 0.15) is 12.4 Å². The SMILES string of the molecule is Cc1ccccc1NC(=O)C(=O)N/N=C\c1ccc(OCc2c(Cl)cccc2Cl)cc1. The van der Waals surface area contributed by atoms with E-state index in [1.54, 1.807) is 54.6 Å². The zero-order chi connectivity index (χ0) is 22.2. The molecular formula is C23H19Cl2N3O3. The van der Waals surface area contributed by atoms with Crippen molar-refractivity contribution in [3.8, 4) is 5.75 Å². The van der Waals surface area contributed by atoms with E-state index in [9.17, 15) is 9.59 Å². The molecule has 0 heterocycles. The van der Waals surface area contributed by atoms with Gasteiger partial charge in [-0.1, -0.05) is 47.5 Å². The van der Waals surface area contributed by atoms with Gasteiger partial charge in [0.15, 0.2) is 0 Å². The highest BCUT2D eigenvalue weighted by Crippen LogP contribution is 2.25. The highest BCUT2D eigenvalue weighted by Gasteiger charge is 2.13. The zero-order valence-electron chi connectivity index (χ0n) is 16.6. The Kier molecular flexibility index (Phi) is 7.65. The molecule has 3 aromatic rings. The first kappa shape index (κ1) is 22.3. The van der Waals surface area contributed by atoms with Crippen LogP contribution in [0.1, 0.15) is 16.7 Å². The van der Waals surface area contributed by atoms with Gasteiger partial charge < -0.3 is 10.1 Å². The van der Waals surface area contributed by atoms with E-state index in [0.29, 0.717) is 32.6 Å². The Hall–Kier alpha value is -3.35. The first-order valence-electron chi connectivity index (χ1n) is 9.30. The van der Waals surface area contributed by atoms with Crippen molar-refractivity contribution in [3.05, 3.63) is 93.5 Å². The molecule has 3 aromatic carbocycles. The van der Waals surface area contributed by atoms with E-state index in [1.807, 2.05) is 19.1 Å². The Balaban J connectivity index is 1.50. The van der Waals surface area contributed by atoms with Gasteiger partial charge in [-0.3, -0.25) is 9.59 Å². The molecule has 8 heteroatoms. The van der Waals surface area contributed by atoms with E-state index in [0.717, 1.165) is 5.56 Å². The third kappa shape index (κ3) is 6.31. The maximum atomic E-state index is 12.0. The summed E-state index contributed by atoms with van der Waals surface area (Å²) >= 11 is 12.3. The molecule has 0 unspecified atom stereocenters. The second-order valence-electron chi connectivity index (χ2n) is 6.53. The highest BCUT2D eigenvalue weighted by atomic mass is 35.5. The molecule has 2 N–H and O–H groups in total. The molecule has 0 atom stereocenters. The van der Waals surface area contributed by atoms with Gasteiger partial charge in [-0.15, -0.1) is 0 Å². The molecule has 0 aliphatic rings. The van der Waals surface area contributed by atoms with E-state index >= 15 is 0 Å². The lowest BCUT2D eigenvalue weighted by atomic mass is 10.2. The molecule has 0 aliphatic carbocycles.